The zero-order valence-electron chi connectivity index (χ0n) is 13.3. The summed E-state index contributed by atoms with van der Waals surface area (Å²) in [6, 6.07) is 6.35. The van der Waals surface area contributed by atoms with E-state index in [1.807, 2.05) is 0 Å². The fourth-order valence-corrected chi connectivity index (χ4v) is 4.23. The Morgan fingerprint density at radius 3 is 3.04 bits per heavy atom. The Morgan fingerprint density at radius 2 is 2.25 bits per heavy atom. The van der Waals surface area contributed by atoms with Gasteiger partial charge in [-0.25, -0.2) is 9.97 Å². The molecule has 2 aromatic heterocycles. The first-order valence-corrected chi connectivity index (χ1v) is 9.13. The van der Waals surface area contributed by atoms with Crippen LogP contribution in [0.25, 0.3) is 0 Å². The first kappa shape index (κ1) is 15.7. The molecule has 0 bridgehead atoms. The molecule has 24 heavy (non-hydrogen) atoms. The van der Waals surface area contributed by atoms with Crippen molar-refractivity contribution in [1.82, 2.24) is 20.2 Å². The average Bonchev–Trinajstić information content (AvgIpc) is 3.32. The van der Waals surface area contributed by atoms with E-state index in [4.69, 9.17) is 4.74 Å². The quantitative estimate of drug-likeness (QED) is 0.892. The van der Waals surface area contributed by atoms with E-state index in [0.717, 1.165) is 25.9 Å². The Bertz CT molecular complexity index is 679. The third-order valence-electron chi connectivity index (χ3n) is 4.67. The molecule has 3 atom stereocenters. The Kier molecular flexibility index (Phi) is 4.55. The van der Waals surface area contributed by atoms with Crippen molar-refractivity contribution in [3.05, 3.63) is 46.7 Å². The van der Waals surface area contributed by atoms with Gasteiger partial charge in [-0.3, -0.25) is 9.69 Å². The van der Waals surface area contributed by atoms with Crippen LogP contribution in [0.2, 0.25) is 0 Å². The lowest BCUT2D eigenvalue weighted by Crippen LogP contribution is -2.36. The second-order valence-corrected chi connectivity index (χ2v) is 7.22. The van der Waals surface area contributed by atoms with E-state index in [2.05, 4.69) is 37.7 Å². The number of nitrogens with zero attached hydrogens (tertiary/aromatic N) is 3. The minimum Gasteiger partial charge on any atom is -0.363 e. The summed E-state index contributed by atoms with van der Waals surface area (Å²) in [5.41, 5.74) is 0. The molecule has 4 heterocycles. The molecule has 0 radical (unpaired) electrons. The van der Waals surface area contributed by atoms with Gasteiger partial charge < -0.3 is 10.1 Å². The van der Waals surface area contributed by atoms with E-state index in [9.17, 15) is 4.79 Å². The normalized spacial score (nSPS) is 26.4. The fourth-order valence-electron chi connectivity index (χ4n) is 3.50. The average molecular weight is 344 g/mol. The maximum absolute atomic E-state index is 12.4. The van der Waals surface area contributed by atoms with Crippen LogP contribution in [0.4, 0.5) is 0 Å². The molecule has 2 saturated heterocycles. The summed E-state index contributed by atoms with van der Waals surface area (Å²) in [7, 11) is 0. The maximum atomic E-state index is 12.4. The summed E-state index contributed by atoms with van der Waals surface area (Å²) in [5.74, 6) is 0.552. The number of hydrogen-bond acceptors (Lipinski definition) is 6. The first-order valence-electron chi connectivity index (χ1n) is 8.25. The van der Waals surface area contributed by atoms with Crippen LogP contribution in [-0.4, -0.2) is 45.6 Å². The summed E-state index contributed by atoms with van der Waals surface area (Å²) >= 11 is 1.78. The predicted molar refractivity (Wildman–Crippen MR) is 90.3 cm³/mol. The van der Waals surface area contributed by atoms with Crippen molar-refractivity contribution < 1.29 is 9.53 Å². The molecule has 0 aromatic carbocycles. The zero-order valence-corrected chi connectivity index (χ0v) is 14.1. The van der Waals surface area contributed by atoms with Gasteiger partial charge in [0.15, 0.2) is 0 Å². The van der Waals surface area contributed by atoms with Crippen LogP contribution in [0, 0.1) is 0 Å². The monoisotopic (exact) mass is 344 g/mol. The lowest BCUT2D eigenvalue weighted by atomic mass is 10.1. The molecule has 2 aromatic rings. The van der Waals surface area contributed by atoms with Crippen molar-refractivity contribution in [2.45, 2.75) is 44.2 Å². The van der Waals surface area contributed by atoms with Crippen molar-refractivity contribution in [1.29, 1.82) is 0 Å². The molecule has 0 unspecified atom stereocenters. The molecule has 1 N–H and O–H groups in total. The number of thiophene rings is 1. The van der Waals surface area contributed by atoms with E-state index < -0.39 is 0 Å². The molecule has 1 amide bonds. The van der Waals surface area contributed by atoms with Crippen LogP contribution in [0.5, 0.6) is 0 Å². The highest BCUT2D eigenvalue weighted by molar-refractivity contribution is 7.09. The van der Waals surface area contributed by atoms with E-state index in [1.54, 1.807) is 29.8 Å². The number of rotatable bonds is 5. The number of carbonyl (C=O) groups is 1. The lowest BCUT2D eigenvalue weighted by molar-refractivity contribution is -0.132. The van der Waals surface area contributed by atoms with Gasteiger partial charge in [0.1, 0.15) is 11.9 Å². The highest BCUT2D eigenvalue weighted by Crippen LogP contribution is 2.34. The molecule has 4 rings (SSSR count). The van der Waals surface area contributed by atoms with Crippen molar-refractivity contribution in [2.24, 2.45) is 0 Å². The predicted octanol–water partition coefficient (Wildman–Crippen LogP) is 1.59. The van der Waals surface area contributed by atoms with Crippen molar-refractivity contribution >= 4 is 17.2 Å². The third kappa shape index (κ3) is 3.33. The van der Waals surface area contributed by atoms with Crippen molar-refractivity contribution in [3.63, 3.8) is 0 Å². The molecule has 6 nitrogen and oxygen atoms in total. The van der Waals surface area contributed by atoms with Gasteiger partial charge in [-0.15, -0.1) is 11.3 Å². The molecular weight excluding hydrogens is 324 g/mol. The summed E-state index contributed by atoms with van der Waals surface area (Å²) in [5, 5.41) is 4.99. The summed E-state index contributed by atoms with van der Waals surface area (Å²) in [6.45, 7) is 2.33. The maximum Gasteiger partial charge on any atom is 0.249 e. The number of likely N-dealkylation sites (tertiary alicyclic amines) is 1. The number of fused-ring (bicyclic) bond motifs is 1. The molecule has 0 aliphatic carbocycles. The number of hydrogen-bond donors (Lipinski definition) is 1. The number of ether oxygens (including phenoxy) is 1. The number of amides is 1. The van der Waals surface area contributed by atoms with Gasteiger partial charge in [0.05, 0.1) is 12.6 Å². The topological polar surface area (TPSA) is 67.4 Å². The number of aromatic nitrogens is 2. The van der Waals surface area contributed by atoms with Gasteiger partial charge in [0.25, 0.3) is 0 Å². The molecule has 2 fully saturated rings. The van der Waals surface area contributed by atoms with Gasteiger partial charge in [-0.1, -0.05) is 6.07 Å². The van der Waals surface area contributed by atoms with Gasteiger partial charge in [0, 0.05) is 42.8 Å². The van der Waals surface area contributed by atoms with E-state index in [1.165, 1.54) is 4.88 Å². The van der Waals surface area contributed by atoms with Crippen molar-refractivity contribution in [2.75, 3.05) is 6.54 Å². The Labute approximate surface area is 144 Å². The van der Waals surface area contributed by atoms with Crippen LogP contribution in [0.3, 0.4) is 0 Å². The summed E-state index contributed by atoms with van der Waals surface area (Å²) < 4.78 is 5.99. The van der Waals surface area contributed by atoms with Gasteiger partial charge in [0.2, 0.25) is 5.91 Å². The highest BCUT2D eigenvalue weighted by Gasteiger charge is 2.45. The minimum atomic E-state index is -0.366. The molecule has 126 valence electrons. The molecule has 2 aliphatic heterocycles. The van der Waals surface area contributed by atoms with Crippen molar-refractivity contribution in [3.8, 4) is 0 Å². The Balaban J connectivity index is 1.31. The third-order valence-corrected chi connectivity index (χ3v) is 5.53. The van der Waals surface area contributed by atoms with E-state index in [-0.39, 0.29) is 18.1 Å². The summed E-state index contributed by atoms with van der Waals surface area (Å²) in [4.78, 5) is 24.4. The smallest absolute Gasteiger partial charge is 0.249 e. The molecular formula is C17H20N4O2S. The molecule has 2 aliphatic rings. The second kappa shape index (κ2) is 6.96. The molecule has 0 saturated carbocycles. The standard InChI is InChI=1S/C17H20N4O2S/c22-17(20-10-16-18-5-2-6-19-16)15-9-13-14(23-15)4-7-21(13)11-12-3-1-8-24-12/h1-3,5-6,8,13-15H,4,7,9-11H2,(H,20,22)/t13-,14-,15+/m1/s1. The van der Waals surface area contributed by atoms with Gasteiger partial charge in [-0.05, 0) is 23.9 Å². The van der Waals surface area contributed by atoms with Crippen LogP contribution in [0.1, 0.15) is 23.5 Å². The van der Waals surface area contributed by atoms with Crippen LogP contribution in [0.15, 0.2) is 36.0 Å². The fraction of sp³-hybridized carbons (Fsp3) is 0.471. The van der Waals surface area contributed by atoms with Crippen LogP contribution < -0.4 is 5.32 Å². The molecule has 0 spiro atoms. The van der Waals surface area contributed by atoms with Crippen LogP contribution in [-0.2, 0) is 22.6 Å². The molecule has 7 heteroatoms. The van der Waals surface area contributed by atoms with E-state index in [0.29, 0.717) is 18.4 Å². The van der Waals surface area contributed by atoms with Gasteiger partial charge >= 0.3 is 0 Å². The Hall–Kier alpha value is -1.83. The van der Waals surface area contributed by atoms with E-state index >= 15 is 0 Å². The minimum absolute atomic E-state index is 0.0621. The highest BCUT2D eigenvalue weighted by atomic mass is 32.1. The summed E-state index contributed by atoms with van der Waals surface area (Å²) in [6.07, 6.45) is 4.92. The SMILES string of the molecule is O=C(NCc1ncccn1)[C@@H]1C[C@@H]2[C@@H](CCN2Cc2cccs2)O1. The zero-order chi connectivity index (χ0) is 16.4. The number of nitrogens with one attached hydrogen (secondary N) is 1. The Morgan fingerprint density at radius 1 is 1.38 bits per heavy atom. The second-order valence-electron chi connectivity index (χ2n) is 6.19. The number of carbonyl (C=O) groups excluding carboxylic acids is 1. The van der Waals surface area contributed by atoms with Crippen LogP contribution >= 0.6 is 11.3 Å². The first-order chi connectivity index (χ1) is 11.8. The van der Waals surface area contributed by atoms with Gasteiger partial charge in [-0.2, -0.15) is 0 Å². The largest absolute Gasteiger partial charge is 0.363 e. The lowest BCUT2D eigenvalue weighted by Gasteiger charge is -2.21.